The Labute approximate surface area is 197 Å². The van der Waals surface area contributed by atoms with E-state index < -0.39 is 10.0 Å². The maximum absolute atomic E-state index is 13.1. The summed E-state index contributed by atoms with van der Waals surface area (Å²) in [5.41, 5.74) is 4.50. The number of primary sulfonamides is 1. The van der Waals surface area contributed by atoms with Crippen LogP contribution in [-0.2, 0) is 16.4 Å². The van der Waals surface area contributed by atoms with Gasteiger partial charge in [0.2, 0.25) is 10.0 Å². The lowest BCUT2D eigenvalue weighted by molar-refractivity contribution is 0.0955. The number of nitrogens with one attached hydrogen (secondary N) is 1. The number of nitrogens with two attached hydrogens (primary N) is 1. The van der Waals surface area contributed by atoms with Crippen molar-refractivity contribution in [2.24, 2.45) is 5.14 Å². The zero-order chi connectivity index (χ0) is 23.6. The van der Waals surface area contributed by atoms with Gasteiger partial charge < -0.3 is 5.32 Å². The molecule has 0 saturated carbocycles. The van der Waals surface area contributed by atoms with Gasteiger partial charge in [-0.05, 0) is 48.7 Å². The van der Waals surface area contributed by atoms with Gasteiger partial charge in [-0.2, -0.15) is 0 Å². The SMILES string of the molecule is Cc1cccc2c(C(=O)NCCc3ccc(S(N)(=O)=O)cc3)cc(-c3ccccc3Cl)nc12. The molecule has 0 saturated heterocycles. The summed E-state index contributed by atoms with van der Waals surface area (Å²) in [6.07, 6.45) is 0.538. The number of sulfonamides is 1. The lowest BCUT2D eigenvalue weighted by Gasteiger charge is -2.13. The molecule has 0 spiro atoms. The van der Waals surface area contributed by atoms with Crippen LogP contribution >= 0.6 is 11.6 Å². The first-order chi connectivity index (χ1) is 15.7. The molecule has 0 bridgehead atoms. The zero-order valence-electron chi connectivity index (χ0n) is 17.9. The number of aromatic nitrogens is 1. The van der Waals surface area contributed by atoms with Gasteiger partial charge in [-0.1, -0.05) is 60.1 Å². The maximum atomic E-state index is 13.1. The summed E-state index contributed by atoms with van der Waals surface area (Å²) < 4.78 is 22.8. The van der Waals surface area contributed by atoms with Crippen LogP contribution in [0.3, 0.4) is 0 Å². The fourth-order valence-corrected chi connectivity index (χ4v) is 4.40. The van der Waals surface area contributed by atoms with Gasteiger partial charge in [-0.15, -0.1) is 0 Å². The van der Waals surface area contributed by atoms with Gasteiger partial charge in [0.1, 0.15) is 0 Å². The van der Waals surface area contributed by atoms with Crippen molar-refractivity contribution in [2.75, 3.05) is 6.54 Å². The summed E-state index contributed by atoms with van der Waals surface area (Å²) in [5, 5.41) is 9.41. The van der Waals surface area contributed by atoms with Gasteiger partial charge in [0.05, 0.1) is 21.7 Å². The van der Waals surface area contributed by atoms with Crippen molar-refractivity contribution in [3.63, 3.8) is 0 Å². The highest BCUT2D eigenvalue weighted by Gasteiger charge is 2.16. The number of aryl methyl sites for hydroxylation is 1. The molecule has 0 aliphatic heterocycles. The van der Waals surface area contributed by atoms with Gasteiger partial charge in [0, 0.05) is 22.5 Å². The van der Waals surface area contributed by atoms with E-state index in [2.05, 4.69) is 5.32 Å². The third kappa shape index (κ3) is 5.06. The number of carbonyl (C=O) groups excluding carboxylic acids is 1. The number of nitrogens with zero attached hydrogens (tertiary/aromatic N) is 1. The number of rotatable bonds is 6. The first-order valence-corrected chi connectivity index (χ1v) is 12.2. The molecule has 0 radical (unpaired) electrons. The lowest BCUT2D eigenvalue weighted by Crippen LogP contribution is -2.26. The average molecular weight is 480 g/mol. The Morgan fingerprint density at radius 3 is 2.45 bits per heavy atom. The highest BCUT2D eigenvalue weighted by Crippen LogP contribution is 2.30. The molecule has 0 aliphatic carbocycles. The molecule has 4 aromatic rings. The summed E-state index contributed by atoms with van der Waals surface area (Å²) in [6.45, 7) is 2.34. The number of para-hydroxylation sites is 1. The molecule has 0 aliphatic rings. The quantitative estimate of drug-likeness (QED) is 0.425. The number of amides is 1. The second-order valence-corrected chi connectivity index (χ2v) is 9.67. The third-order valence-corrected chi connectivity index (χ3v) is 6.65. The molecular formula is C25H22ClN3O3S. The fourth-order valence-electron chi connectivity index (χ4n) is 3.65. The van der Waals surface area contributed by atoms with E-state index in [1.807, 2.05) is 43.3 Å². The summed E-state index contributed by atoms with van der Waals surface area (Å²) in [7, 11) is -3.73. The Kier molecular flexibility index (Phi) is 6.47. The lowest BCUT2D eigenvalue weighted by atomic mass is 10.0. The molecule has 0 unspecified atom stereocenters. The Morgan fingerprint density at radius 2 is 1.76 bits per heavy atom. The Hall–Kier alpha value is -3.26. The first-order valence-electron chi connectivity index (χ1n) is 10.3. The van der Waals surface area contributed by atoms with Gasteiger partial charge in [-0.3, -0.25) is 4.79 Å². The summed E-state index contributed by atoms with van der Waals surface area (Å²) in [5.74, 6) is -0.220. The smallest absolute Gasteiger partial charge is 0.252 e. The highest BCUT2D eigenvalue weighted by molar-refractivity contribution is 7.89. The number of benzene rings is 3. The van der Waals surface area contributed by atoms with E-state index in [1.54, 1.807) is 24.3 Å². The topological polar surface area (TPSA) is 102 Å². The van der Waals surface area contributed by atoms with E-state index in [-0.39, 0.29) is 10.8 Å². The van der Waals surface area contributed by atoms with Crippen LogP contribution in [0.5, 0.6) is 0 Å². The molecule has 0 fully saturated rings. The van der Waals surface area contributed by atoms with Crippen LogP contribution < -0.4 is 10.5 Å². The van der Waals surface area contributed by atoms with Crippen molar-refractivity contribution in [1.29, 1.82) is 0 Å². The minimum absolute atomic E-state index is 0.0565. The summed E-state index contributed by atoms with van der Waals surface area (Å²) >= 11 is 6.39. The molecule has 168 valence electrons. The van der Waals surface area contributed by atoms with Crippen molar-refractivity contribution < 1.29 is 13.2 Å². The largest absolute Gasteiger partial charge is 0.352 e. The van der Waals surface area contributed by atoms with Crippen molar-refractivity contribution in [3.8, 4) is 11.3 Å². The molecule has 1 aromatic heterocycles. The van der Waals surface area contributed by atoms with E-state index >= 15 is 0 Å². The van der Waals surface area contributed by atoms with Gasteiger partial charge >= 0.3 is 0 Å². The number of carbonyl (C=O) groups is 1. The monoisotopic (exact) mass is 479 g/mol. The number of pyridine rings is 1. The summed E-state index contributed by atoms with van der Waals surface area (Å²) in [4.78, 5) is 18.0. The van der Waals surface area contributed by atoms with Crippen LogP contribution in [0.1, 0.15) is 21.5 Å². The van der Waals surface area contributed by atoms with E-state index in [4.69, 9.17) is 21.7 Å². The van der Waals surface area contributed by atoms with E-state index in [9.17, 15) is 13.2 Å². The van der Waals surface area contributed by atoms with Crippen LogP contribution in [0.25, 0.3) is 22.2 Å². The fraction of sp³-hybridized carbons (Fsp3) is 0.120. The Bertz CT molecular complexity index is 1450. The van der Waals surface area contributed by atoms with E-state index in [0.717, 1.165) is 27.6 Å². The molecule has 1 heterocycles. The van der Waals surface area contributed by atoms with Crippen LogP contribution in [0, 0.1) is 6.92 Å². The van der Waals surface area contributed by atoms with Crippen molar-refractivity contribution >= 4 is 38.4 Å². The zero-order valence-corrected chi connectivity index (χ0v) is 19.5. The van der Waals surface area contributed by atoms with E-state index in [0.29, 0.717) is 29.2 Å². The van der Waals surface area contributed by atoms with E-state index in [1.165, 1.54) is 12.1 Å². The van der Waals surface area contributed by atoms with Gasteiger partial charge in [0.25, 0.3) is 5.91 Å². The predicted molar refractivity (Wildman–Crippen MR) is 131 cm³/mol. The van der Waals surface area contributed by atoms with Crippen LogP contribution in [0.4, 0.5) is 0 Å². The molecule has 1 amide bonds. The number of halogens is 1. The van der Waals surface area contributed by atoms with Crippen molar-refractivity contribution in [1.82, 2.24) is 10.3 Å². The van der Waals surface area contributed by atoms with Gasteiger partial charge in [-0.25, -0.2) is 18.5 Å². The molecule has 4 rings (SSSR count). The van der Waals surface area contributed by atoms with Crippen LogP contribution in [0.15, 0.2) is 77.7 Å². The molecular weight excluding hydrogens is 458 g/mol. The minimum atomic E-state index is -3.73. The van der Waals surface area contributed by atoms with Gasteiger partial charge in [0.15, 0.2) is 0 Å². The molecule has 33 heavy (non-hydrogen) atoms. The first kappa shape index (κ1) is 22.9. The maximum Gasteiger partial charge on any atom is 0.252 e. The molecule has 6 nitrogen and oxygen atoms in total. The highest BCUT2D eigenvalue weighted by atomic mass is 35.5. The minimum Gasteiger partial charge on any atom is -0.352 e. The standard InChI is InChI=1S/C25H22ClN3O3S/c1-16-5-4-7-19-21(15-23(29-24(16)19)20-6-2-3-8-22(20)26)25(30)28-14-13-17-9-11-18(12-10-17)33(27,31)32/h2-12,15H,13-14H2,1H3,(H,28,30)(H2,27,31,32). The average Bonchev–Trinajstić information content (AvgIpc) is 2.79. The molecule has 8 heteroatoms. The van der Waals surface area contributed by atoms with Crippen LogP contribution in [-0.4, -0.2) is 25.9 Å². The van der Waals surface area contributed by atoms with Crippen molar-refractivity contribution in [3.05, 3.63) is 94.5 Å². The molecule has 0 atom stereocenters. The predicted octanol–water partition coefficient (Wildman–Crippen LogP) is 4.48. The second-order valence-electron chi connectivity index (χ2n) is 7.70. The normalized spacial score (nSPS) is 11.5. The van der Waals surface area contributed by atoms with Crippen LogP contribution in [0.2, 0.25) is 5.02 Å². The second kappa shape index (κ2) is 9.31. The Morgan fingerprint density at radius 1 is 1.03 bits per heavy atom. The number of hydrogen-bond donors (Lipinski definition) is 2. The number of fused-ring (bicyclic) bond motifs is 1. The Balaban J connectivity index is 1.60. The molecule has 3 aromatic carbocycles. The number of hydrogen-bond acceptors (Lipinski definition) is 4. The molecule has 3 N–H and O–H groups in total. The summed E-state index contributed by atoms with van der Waals surface area (Å²) in [6, 6.07) is 21.2. The third-order valence-electron chi connectivity index (χ3n) is 5.39. The van der Waals surface area contributed by atoms with Crippen molar-refractivity contribution in [2.45, 2.75) is 18.2 Å².